The van der Waals surface area contributed by atoms with Crippen molar-refractivity contribution in [2.24, 2.45) is 5.92 Å². The van der Waals surface area contributed by atoms with Crippen molar-refractivity contribution >= 4 is 5.91 Å². The fraction of sp³-hybridized carbons (Fsp3) is 0.632. The molecule has 3 unspecified atom stereocenters. The van der Waals surface area contributed by atoms with Gasteiger partial charge in [-0.25, -0.2) is 0 Å². The molecule has 23 heavy (non-hydrogen) atoms. The number of hydrogen-bond donors (Lipinski definition) is 1. The fourth-order valence-electron chi connectivity index (χ4n) is 3.11. The smallest absolute Gasteiger partial charge is 0.263 e. The van der Waals surface area contributed by atoms with E-state index in [2.05, 4.69) is 19.9 Å². The summed E-state index contributed by atoms with van der Waals surface area (Å²) in [7, 11) is 0. The Morgan fingerprint density at radius 2 is 2.04 bits per heavy atom. The largest absolute Gasteiger partial charge is 0.480 e. The van der Waals surface area contributed by atoms with Crippen LogP contribution in [0.2, 0.25) is 0 Å². The SMILES string of the molecule is CCC(Oc1ccccc1C(C)C)C(=O)N1CCC(C(C)O)C1. The Balaban J connectivity index is 2.07. The highest BCUT2D eigenvalue weighted by molar-refractivity contribution is 5.81. The Bertz CT molecular complexity index is 527. The van der Waals surface area contributed by atoms with Gasteiger partial charge in [-0.2, -0.15) is 0 Å². The lowest BCUT2D eigenvalue weighted by molar-refractivity contribution is -0.138. The first kappa shape index (κ1) is 17.8. The van der Waals surface area contributed by atoms with E-state index in [4.69, 9.17) is 4.74 Å². The van der Waals surface area contributed by atoms with E-state index in [0.29, 0.717) is 25.4 Å². The minimum absolute atomic E-state index is 0.0363. The number of amides is 1. The standard InChI is InChI=1S/C19H29NO3/c1-5-17(19(22)20-11-10-15(12-20)14(4)21)23-18-9-7-6-8-16(18)13(2)3/h6-9,13-15,17,21H,5,10-12H2,1-4H3. The summed E-state index contributed by atoms with van der Waals surface area (Å²) in [6.07, 6.45) is 0.682. The minimum Gasteiger partial charge on any atom is -0.480 e. The number of ether oxygens (including phenoxy) is 1. The second kappa shape index (κ2) is 7.82. The number of likely N-dealkylation sites (tertiary alicyclic amines) is 1. The fourth-order valence-corrected chi connectivity index (χ4v) is 3.11. The lowest BCUT2D eigenvalue weighted by Crippen LogP contribution is -2.41. The van der Waals surface area contributed by atoms with Crippen LogP contribution in [0.25, 0.3) is 0 Å². The molecule has 0 aromatic heterocycles. The molecule has 2 rings (SSSR count). The van der Waals surface area contributed by atoms with Crippen LogP contribution in [0.5, 0.6) is 5.75 Å². The van der Waals surface area contributed by atoms with Gasteiger partial charge >= 0.3 is 0 Å². The van der Waals surface area contributed by atoms with Crippen molar-refractivity contribution in [3.8, 4) is 5.75 Å². The Kier molecular flexibility index (Phi) is 6.05. The number of benzene rings is 1. The Morgan fingerprint density at radius 3 is 2.61 bits per heavy atom. The number of carbonyl (C=O) groups is 1. The second-order valence-corrected chi connectivity index (χ2v) is 6.78. The normalized spacial score (nSPS) is 20.6. The van der Waals surface area contributed by atoms with E-state index in [1.807, 2.05) is 30.0 Å². The average molecular weight is 319 g/mol. The van der Waals surface area contributed by atoms with Gasteiger partial charge in [0, 0.05) is 19.0 Å². The molecule has 1 fully saturated rings. The maximum atomic E-state index is 12.7. The van der Waals surface area contributed by atoms with Crippen molar-refractivity contribution in [3.63, 3.8) is 0 Å². The summed E-state index contributed by atoms with van der Waals surface area (Å²) in [4.78, 5) is 14.6. The van der Waals surface area contributed by atoms with Crippen molar-refractivity contribution in [2.75, 3.05) is 13.1 Å². The minimum atomic E-state index is -0.456. The summed E-state index contributed by atoms with van der Waals surface area (Å²) in [6, 6.07) is 7.93. The van der Waals surface area contributed by atoms with Crippen LogP contribution < -0.4 is 4.74 Å². The van der Waals surface area contributed by atoms with Gasteiger partial charge in [0.2, 0.25) is 0 Å². The second-order valence-electron chi connectivity index (χ2n) is 6.78. The lowest BCUT2D eigenvalue weighted by atomic mass is 10.0. The quantitative estimate of drug-likeness (QED) is 0.876. The summed E-state index contributed by atoms with van der Waals surface area (Å²) in [5.41, 5.74) is 1.13. The van der Waals surface area contributed by atoms with Crippen LogP contribution in [-0.4, -0.2) is 41.2 Å². The van der Waals surface area contributed by atoms with Crippen molar-refractivity contribution < 1.29 is 14.6 Å². The highest BCUT2D eigenvalue weighted by Gasteiger charge is 2.33. The van der Waals surface area contributed by atoms with E-state index in [9.17, 15) is 9.90 Å². The topological polar surface area (TPSA) is 49.8 Å². The van der Waals surface area contributed by atoms with E-state index < -0.39 is 6.10 Å². The number of para-hydroxylation sites is 1. The molecule has 3 atom stereocenters. The first-order chi connectivity index (χ1) is 10.9. The molecule has 0 aliphatic carbocycles. The van der Waals surface area contributed by atoms with Crippen LogP contribution in [0.1, 0.15) is 52.0 Å². The molecule has 128 valence electrons. The van der Waals surface area contributed by atoms with Crippen molar-refractivity contribution in [2.45, 2.75) is 58.7 Å². The molecular weight excluding hydrogens is 290 g/mol. The van der Waals surface area contributed by atoms with Gasteiger partial charge in [0.1, 0.15) is 5.75 Å². The number of rotatable bonds is 6. The van der Waals surface area contributed by atoms with E-state index in [0.717, 1.165) is 17.7 Å². The molecule has 0 spiro atoms. The van der Waals surface area contributed by atoms with Gasteiger partial charge in [-0.3, -0.25) is 4.79 Å². The van der Waals surface area contributed by atoms with Crippen molar-refractivity contribution in [1.82, 2.24) is 4.90 Å². The summed E-state index contributed by atoms with van der Waals surface area (Å²) in [5.74, 6) is 1.37. The summed E-state index contributed by atoms with van der Waals surface area (Å²) in [5, 5.41) is 9.71. The first-order valence-electron chi connectivity index (χ1n) is 8.66. The maximum Gasteiger partial charge on any atom is 0.263 e. The van der Waals surface area contributed by atoms with Crippen LogP contribution in [0, 0.1) is 5.92 Å². The summed E-state index contributed by atoms with van der Waals surface area (Å²) in [6.45, 7) is 9.35. The lowest BCUT2D eigenvalue weighted by Gasteiger charge is -2.25. The Hall–Kier alpha value is -1.55. The third kappa shape index (κ3) is 4.25. The van der Waals surface area contributed by atoms with E-state index >= 15 is 0 Å². The third-order valence-electron chi connectivity index (χ3n) is 4.68. The zero-order chi connectivity index (χ0) is 17.0. The molecule has 1 N–H and O–H groups in total. The maximum absolute atomic E-state index is 12.7. The number of aliphatic hydroxyl groups is 1. The van der Waals surface area contributed by atoms with Crippen LogP contribution in [0.4, 0.5) is 0 Å². The summed E-state index contributed by atoms with van der Waals surface area (Å²) >= 11 is 0. The number of aliphatic hydroxyl groups excluding tert-OH is 1. The predicted molar refractivity (Wildman–Crippen MR) is 91.6 cm³/mol. The first-order valence-corrected chi connectivity index (χ1v) is 8.66. The average Bonchev–Trinajstić information content (AvgIpc) is 3.02. The van der Waals surface area contributed by atoms with E-state index in [1.54, 1.807) is 6.92 Å². The molecule has 1 aromatic rings. The molecular formula is C19H29NO3. The van der Waals surface area contributed by atoms with Gasteiger partial charge < -0.3 is 14.7 Å². The molecule has 1 aromatic carbocycles. The van der Waals surface area contributed by atoms with Crippen LogP contribution in [0.15, 0.2) is 24.3 Å². The zero-order valence-corrected chi connectivity index (χ0v) is 14.7. The highest BCUT2D eigenvalue weighted by Crippen LogP contribution is 2.28. The van der Waals surface area contributed by atoms with Crippen LogP contribution >= 0.6 is 0 Å². The number of carbonyl (C=O) groups excluding carboxylic acids is 1. The van der Waals surface area contributed by atoms with Gasteiger partial charge in [0.05, 0.1) is 6.10 Å². The highest BCUT2D eigenvalue weighted by atomic mass is 16.5. The molecule has 1 aliphatic rings. The van der Waals surface area contributed by atoms with Crippen LogP contribution in [0.3, 0.4) is 0 Å². The number of hydrogen-bond acceptors (Lipinski definition) is 3. The van der Waals surface area contributed by atoms with Gasteiger partial charge in [-0.1, -0.05) is 39.0 Å². The molecule has 4 heteroatoms. The Morgan fingerprint density at radius 1 is 1.35 bits per heavy atom. The zero-order valence-electron chi connectivity index (χ0n) is 14.7. The molecule has 1 amide bonds. The monoisotopic (exact) mass is 319 g/mol. The molecule has 1 aliphatic heterocycles. The molecule has 1 saturated heterocycles. The predicted octanol–water partition coefficient (Wildman–Crippen LogP) is 3.20. The van der Waals surface area contributed by atoms with E-state index in [-0.39, 0.29) is 17.9 Å². The number of nitrogens with zero attached hydrogens (tertiary/aromatic N) is 1. The molecule has 1 heterocycles. The molecule has 4 nitrogen and oxygen atoms in total. The molecule has 0 radical (unpaired) electrons. The third-order valence-corrected chi connectivity index (χ3v) is 4.68. The van der Waals surface area contributed by atoms with Gasteiger partial charge in [-0.15, -0.1) is 0 Å². The van der Waals surface area contributed by atoms with Gasteiger partial charge in [0.15, 0.2) is 6.10 Å². The van der Waals surface area contributed by atoms with Gasteiger partial charge in [0.25, 0.3) is 5.91 Å². The van der Waals surface area contributed by atoms with E-state index in [1.165, 1.54) is 0 Å². The van der Waals surface area contributed by atoms with Crippen molar-refractivity contribution in [3.05, 3.63) is 29.8 Å². The Labute approximate surface area is 139 Å². The molecule has 0 bridgehead atoms. The summed E-state index contributed by atoms with van der Waals surface area (Å²) < 4.78 is 6.07. The van der Waals surface area contributed by atoms with Crippen LogP contribution in [-0.2, 0) is 4.79 Å². The van der Waals surface area contributed by atoms with Gasteiger partial charge in [-0.05, 0) is 37.3 Å². The van der Waals surface area contributed by atoms with Crippen molar-refractivity contribution in [1.29, 1.82) is 0 Å². The molecule has 0 saturated carbocycles.